The summed E-state index contributed by atoms with van der Waals surface area (Å²) in [5.74, 6) is -0.258. The van der Waals surface area contributed by atoms with Gasteiger partial charge in [0, 0.05) is 19.0 Å². The number of hydrogen-bond acceptors (Lipinski definition) is 4. The summed E-state index contributed by atoms with van der Waals surface area (Å²) >= 11 is 0. The second-order valence-corrected chi connectivity index (χ2v) is 8.59. The monoisotopic (exact) mass is 399 g/mol. The summed E-state index contributed by atoms with van der Waals surface area (Å²) in [6.45, 7) is 1.16. The van der Waals surface area contributed by atoms with Crippen LogP contribution in [0.5, 0.6) is 0 Å². The van der Waals surface area contributed by atoms with Gasteiger partial charge in [-0.15, -0.1) is 0 Å². The van der Waals surface area contributed by atoms with E-state index in [-0.39, 0.29) is 29.3 Å². The largest absolute Gasteiger partial charge is 0.416 e. The number of rotatable bonds is 6. The molecule has 1 N–H and O–H groups in total. The lowest BCUT2D eigenvalue weighted by molar-refractivity contribution is -0.137. The summed E-state index contributed by atoms with van der Waals surface area (Å²) in [5, 5.41) is 3.12. The number of alkyl halides is 3. The number of nitrogens with one attached hydrogen (secondary N) is 1. The van der Waals surface area contributed by atoms with Gasteiger partial charge in [0.15, 0.2) is 9.84 Å². The van der Waals surface area contributed by atoms with E-state index in [4.69, 9.17) is 4.74 Å². The second kappa shape index (κ2) is 8.00. The van der Waals surface area contributed by atoms with Gasteiger partial charge in [-0.1, -0.05) is 30.3 Å². The number of benzene rings is 2. The summed E-state index contributed by atoms with van der Waals surface area (Å²) in [7, 11) is -3.43. The van der Waals surface area contributed by atoms with Crippen molar-refractivity contribution in [3.8, 4) is 0 Å². The van der Waals surface area contributed by atoms with Gasteiger partial charge in [0.1, 0.15) is 0 Å². The average Bonchev–Trinajstić information content (AvgIpc) is 3.06. The lowest BCUT2D eigenvalue weighted by Crippen LogP contribution is -2.28. The molecule has 27 heavy (non-hydrogen) atoms. The fourth-order valence-corrected chi connectivity index (χ4v) is 4.73. The first-order valence-electron chi connectivity index (χ1n) is 8.52. The Morgan fingerprint density at radius 1 is 1.00 bits per heavy atom. The number of ether oxygens (including phenoxy) is 1. The highest BCUT2D eigenvalue weighted by Gasteiger charge is 2.33. The third-order valence-electron chi connectivity index (χ3n) is 4.56. The SMILES string of the molecule is O=S(=O)(C[C@@H]1CNC[C@H]1OCc1ccc(C(F)(F)F)cc1)c1ccccc1. The van der Waals surface area contributed by atoms with Crippen LogP contribution in [0.4, 0.5) is 13.2 Å². The van der Waals surface area contributed by atoms with Gasteiger partial charge in [-0.05, 0) is 29.8 Å². The Labute approximate surface area is 156 Å². The van der Waals surface area contributed by atoms with Crippen molar-refractivity contribution < 1.29 is 26.3 Å². The molecule has 2 atom stereocenters. The maximum atomic E-state index is 12.6. The molecule has 1 aliphatic rings. The summed E-state index contributed by atoms with van der Waals surface area (Å²) in [6, 6.07) is 13.0. The van der Waals surface area contributed by atoms with Crippen LogP contribution in [0.1, 0.15) is 11.1 Å². The molecule has 0 amide bonds. The molecule has 0 bridgehead atoms. The molecule has 2 aromatic rings. The third kappa shape index (κ3) is 5.09. The molecule has 3 rings (SSSR count). The lowest BCUT2D eigenvalue weighted by atomic mass is 10.1. The van der Waals surface area contributed by atoms with Crippen molar-refractivity contribution in [2.75, 3.05) is 18.8 Å². The summed E-state index contributed by atoms with van der Waals surface area (Å²) in [4.78, 5) is 0.276. The highest BCUT2D eigenvalue weighted by atomic mass is 32.2. The van der Waals surface area contributed by atoms with Crippen LogP contribution in [0.15, 0.2) is 59.5 Å². The molecule has 1 saturated heterocycles. The standard InChI is InChI=1S/C19H20F3NO3S/c20-19(21,22)16-8-6-14(7-9-16)12-26-18-11-23-10-15(18)13-27(24,25)17-4-2-1-3-5-17/h1-9,15,18,23H,10-13H2/t15-,18+/m0/s1. The van der Waals surface area contributed by atoms with E-state index in [1.165, 1.54) is 12.1 Å². The van der Waals surface area contributed by atoms with E-state index >= 15 is 0 Å². The minimum absolute atomic E-state index is 0.0400. The Bertz CT molecular complexity index is 852. The van der Waals surface area contributed by atoms with Crippen LogP contribution >= 0.6 is 0 Å². The molecule has 2 aromatic carbocycles. The van der Waals surface area contributed by atoms with Crippen LogP contribution in [0.2, 0.25) is 0 Å². The molecular formula is C19H20F3NO3S. The zero-order chi connectivity index (χ0) is 19.5. The minimum Gasteiger partial charge on any atom is -0.372 e. The van der Waals surface area contributed by atoms with Crippen LogP contribution in [0.25, 0.3) is 0 Å². The van der Waals surface area contributed by atoms with Crippen LogP contribution in [0.3, 0.4) is 0 Å². The highest BCUT2D eigenvalue weighted by molar-refractivity contribution is 7.91. The van der Waals surface area contributed by atoms with E-state index in [2.05, 4.69) is 5.32 Å². The van der Waals surface area contributed by atoms with Crippen molar-refractivity contribution in [3.63, 3.8) is 0 Å². The van der Waals surface area contributed by atoms with Gasteiger partial charge in [0.25, 0.3) is 0 Å². The van der Waals surface area contributed by atoms with E-state index in [9.17, 15) is 21.6 Å². The Balaban J connectivity index is 1.60. The Morgan fingerprint density at radius 2 is 1.67 bits per heavy atom. The molecule has 4 nitrogen and oxygen atoms in total. The zero-order valence-electron chi connectivity index (χ0n) is 14.4. The van der Waals surface area contributed by atoms with Crippen molar-refractivity contribution in [3.05, 3.63) is 65.7 Å². The van der Waals surface area contributed by atoms with E-state index < -0.39 is 21.6 Å². The predicted octanol–water partition coefficient (Wildman–Crippen LogP) is 3.28. The first-order chi connectivity index (χ1) is 12.8. The highest BCUT2D eigenvalue weighted by Crippen LogP contribution is 2.29. The third-order valence-corrected chi connectivity index (χ3v) is 6.42. The van der Waals surface area contributed by atoms with Gasteiger partial charge in [-0.2, -0.15) is 13.2 Å². The zero-order valence-corrected chi connectivity index (χ0v) is 15.3. The van der Waals surface area contributed by atoms with Gasteiger partial charge < -0.3 is 10.1 Å². The lowest BCUT2D eigenvalue weighted by Gasteiger charge is -2.19. The second-order valence-electron chi connectivity index (χ2n) is 6.56. The van der Waals surface area contributed by atoms with Gasteiger partial charge >= 0.3 is 6.18 Å². The fourth-order valence-electron chi connectivity index (χ4n) is 3.07. The van der Waals surface area contributed by atoms with Crippen molar-refractivity contribution >= 4 is 9.84 Å². The maximum absolute atomic E-state index is 12.6. The van der Waals surface area contributed by atoms with Crippen LogP contribution in [-0.4, -0.2) is 33.4 Å². The molecule has 0 aromatic heterocycles. The molecule has 1 heterocycles. The molecule has 0 spiro atoms. The average molecular weight is 399 g/mol. The van der Waals surface area contributed by atoms with Gasteiger partial charge in [-0.3, -0.25) is 0 Å². The van der Waals surface area contributed by atoms with Crippen LogP contribution < -0.4 is 5.32 Å². The molecule has 0 saturated carbocycles. The smallest absolute Gasteiger partial charge is 0.372 e. The normalized spacial score (nSPS) is 20.7. The quantitative estimate of drug-likeness (QED) is 0.810. The van der Waals surface area contributed by atoms with Crippen LogP contribution in [0, 0.1) is 5.92 Å². The van der Waals surface area contributed by atoms with Crippen molar-refractivity contribution in [2.45, 2.75) is 23.8 Å². The molecular weight excluding hydrogens is 379 g/mol. The van der Waals surface area contributed by atoms with E-state index in [1.54, 1.807) is 30.3 Å². The molecule has 1 aliphatic heterocycles. The van der Waals surface area contributed by atoms with Crippen molar-refractivity contribution in [2.24, 2.45) is 5.92 Å². The molecule has 8 heteroatoms. The minimum atomic E-state index is -4.37. The Morgan fingerprint density at radius 3 is 2.30 bits per heavy atom. The molecule has 1 fully saturated rings. The van der Waals surface area contributed by atoms with Gasteiger partial charge in [-0.25, -0.2) is 8.42 Å². The molecule has 0 unspecified atom stereocenters. The van der Waals surface area contributed by atoms with Crippen molar-refractivity contribution in [1.82, 2.24) is 5.32 Å². The molecule has 146 valence electrons. The van der Waals surface area contributed by atoms with E-state index in [0.29, 0.717) is 18.7 Å². The predicted molar refractivity (Wildman–Crippen MR) is 94.9 cm³/mol. The fraction of sp³-hybridized carbons (Fsp3) is 0.368. The summed E-state index contributed by atoms with van der Waals surface area (Å²) < 4.78 is 68.7. The van der Waals surface area contributed by atoms with Crippen molar-refractivity contribution in [1.29, 1.82) is 0 Å². The maximum Gasteiger partial charge on any atom is 0.416 e. The van der Waals surface area contributed by atoms with Gasteiger partial charge in [0.05, 0.1) is 28.9 Å². The Hall–Kier alpha value is -1.90. The number of halogens is 3. The first kappa shape index (κ1) is 19.9. The van der Waals surface area contributed by atoms with E-state index in [0.717, 1.165) is 12.1 Å². The number of hydrogen-bond donors (Lipinski definition) is 1. The topological polar surface area (TPSA) is 55.4 Å². The number of sulfone groups is 1. The molecule has 0 radical (unpaired) electrons. The van der Waals surface area contributed by atoms with Gasteiger partial charge in [0.2, 0.25) is 0 Å². The summed E-state index contributed by atoms with van der Waals surface area (Å²) in [5.41, 5.74) is -0.0971. The first-order valence-corrected chi connectivity index (χ1v) is 10.2. The van der Waals surface area contributed by atoms with Crippen LogP contribution in [-0.2, 0) is 27.4 Å². The Kier molecular flexibility index (Phi) is 5.88. The molecule has 0 aliphatic carbocycles. The van der Waals surface area contributed by atoms with E-state index in [1.807, 2.05) is 0 Å². The summed E-state index contributed by atoms with van der Waals surface area (Å²) in [6.07, 6.45) is -4.68.